The van der Waals surface area contributed by atoms with Crippen LogP contribution in [0.25, 0.3) is 22.3 Å². The Morgan fingerprint density at radius 3 is 2.73 bits per heavy atom. The molecule has 2 N–H and O–H groups in total. The highest BCUT2D eigenvalue weighted by Gasteiger charge is 2.45. The summed E-state index contributed by atoms with van der Waals surface area (Å²) in [6, 6.07) is 13.8. The third kappa shape index (κ3) is 4.07. The molecule has 2 aromatic carbocycles. The van der Waals surface area contributed by atoms with Gasteiger partial charge in [-0.1, -0.05) is 37.3 Å². The highest BCUT2D eigenvalue weighted by molar-refractivity contribution is 5.96. The van der Waals surface area contributed by atoms with E-state index in [9.17, 15) is 19.5 Å². The number of carbonyl (C=O) groups excluding carboxylic acids is 2. The number of nitrogens with one attached hydrogen (secondary N) is 1. The molecule has 0 saturated carbocycles. The highest BCUT2D eigenvalue weighted by atomic mass is 19.1. The number of carbonyl (C=O) groups is 2. The quantitative estimate of drug-likeness (QED) is 0.314. The summed E-state index contributed by atoms with van der Waals surface area (Å²) in [4.78, 5) is 42.9. The van der Waals surface area contributed by atoms with Crippen LogP contribution in [0.1, 0.15) is 41.2 Å². The van der Waals surface area contributed by atoms with E-state index in [-0.39, 0.29) is 55.2 Å². The number of fused-ring (bicyclic) bond motifs is 5. The Bertz CT molecular complexity index is 1770. The lowest BCUT2D eigenvalue weighted by Gasteiger charge is -2.31. The van der Waals surface area contributed by atoms with Crippen LogP contribution in [0.15, 0.2) is 53.3 Å². The van der Waals surface area contributed by atoms with Crippen molar-refractivity contribution >= 4 is 28.5 Å². The monoisotopic (exact) mass is 543 g/mol. The maximum Gasteiger partial charge on any atom is 0.343 e. The zero-order valence-electron chi connectivity index (χ0n) is 21.9. The van der Waals surface area contributed by atoms with E-state index in [1.54, 1.807) is 13.0 Å². The first kappa shape index (κ1) is 25.8. The number of pyridine rings is 2. The van der Waals surface area contributed by atoms with Crippen molar-refractivity contribution in [1.82, 2.24) is 9.55 Å². The number of aromatic nitrogens is 2. The molecule has 6 rings (SSSR count). The fourth-order valence-electron chi connectivity index (χ4n) is 5.42. The average molecular weight is 544 g/mol. The molecule has 204 valence electrons. The van der Waals surface area contributed by atoms with Crippen molar-refractivity contribution in [1.29, 1.82) is 0 Å². The molecule has 0 spiro atoms. The van der Waals surface area contributed by atoms with Gasteiger partial charge >= 0.3 is 5.97 Å². The van der Waals surface area contributed by atoms with Crippen LogP contribution in [-0.4, -0.2) is 33.1 Å². The predicted molar refractivity (Wildman–Crippen MR) is 144 cm³/mol. The fourth-order valence-corrected chi connectivity index (χ4v) is 5.42. The van der Waals surface area contributed by atoms with Crippen LogP contribution in [-0.2, 0) is 44.4 Å². The number of nitrogens with zero attached hydrogens (tertiary/aromatic N) is 2. The molecular formula is C30H26FN3O6. The van der Waals surface area contributed by atoms with Gasteiger partial charge in [-0.05, 0) is 36.6 Å². The van der Waals surface area contributed by atoms with Gasteiger partial charge in [-0.15, -0.1) is 0 Å². The Kier molecular flexibility index (Phi) is 6.24. The third-order valence-corrected chi connectivity index (χ3v) is 7.68. The summed E-state index contributed by atoms with van der Waals surface area (Å²) in [5, 5.41) is 14.2. The number of hydrogen-bond acceptors (Lipinski definition) is 7. The normalized spacial score (nSPS) is 17.2. The van der Waals surface area contributed by atoms with Crippen molar-refractivity contribution in [2.24, 2.45) is 0 Å². The molecule has 1 atom stereocenters. The first-order valence-electron chi connectivity index (χ1n) is 12.9. The van der Waals surface area contributed by atoms with E-state index in [0.717, 1.165) is 16.7 Å². The molecule has 4 heterocycles. The van der Waals surface area contributed by atoms with Crippen LogP contribution in [0, 0.1) is 12.7 Å². The molecule has 0 radical (unpaired) electrons. The van der Waals surface area contributed by atoms with Crippen molar-refractivity contribution in [2.75, 3.05) is 11.9 Å². The Morgan fingerprint density at radius 1 is 1.20 bits per heavy atom. The van der Waals surface area contributed by atoms with Gasteiger partial charge in [0.25, 0.3) is 5.56 Å². The number of aliphatic hydroxyl groups is 1. The highest BCUT2D eigenvalue weighted by Crippen LogP contribution is 2.40. The number of cyclic esters (lactones) is 1. The van der Waals surface area contributed by atoms with Gasteiger partial charge in [-0.3, -0.25) is 9.59 Å². The molecule has 2 aliphatic heterocycles. The number of rotatable bonds is 6. The molecule has 10 heteroatoms. The maximum atomic E-state index is 15.1. The molecule has 0 unspecified atom stereocenters. The van der Waals surface area contributed by atoms with Gasteiger partial charge in [-0.2, -0.15) is 0 Å². The summed E-state index contributed by atoms with van der Waals surface area (Å²) in [6.45, 7) is 3.50. The lowest BCUT2D eigenvalue weighted by molar-refractivity contribution is -0.172. The number of anilines is 1. The number of ether oxygens (including phenoxy) is 2. The van der Waals surface area contributed by atoms with Crippen LogP contribution in [0.3, 0.4) is 0 Å². The fraction of sp³-hybridized carbons (Fsp3) is 0.267. The predicted octanol–water partition coefficient (Wildman–Crippen LogP) is 3.68. The van der Waals surface area contributed by atoms with Crippen LogP contribution >= 0.6 is 0 Å². The summed E-state index contributed by atoms with van der Waals surface area (Å²) in [6.07, 6.45) is 0.0375. The molecule has 0 aliphatic carbocycles. The first-order valence-corrected chi connectivity index (χ1v) is 12.9. The van der Waals surface area contributed by atoms with Gasteiger partial charge in [0.1, 0.15) is 19.0 Å². The molecule has 0 saturated heterocycles. The third-order valence-electron chi connectivity index (χ3n) is 7.68. The summed E-state index contributed by atoms with van der Waals surface area (Å²) in [5.41, 5.74) is 1.86. The van der Waals surface area contributed by atoms with E-state index < -0.39 is 23.3 Å². The van der Waals surface area contributed by atoms with E-state index in [1.807, 2.05) is 37.3 Å². The van der Waals surface area contributed by atoms with Gasteiger partial charge in [0.2, 0.25) is 5.91 Å². The zero-order chi connectivity index (χ0) is 28.2. The van der Waals surface area contributed by atoms with Crippen LogP contribution < -0.4 is 10.9 Å². The molecule has 0 fully saturated rings. The molecular weight excluding hydrogens is 517 g/mol. The second kappa shape index (κ2) is 9.65. The summed E-state index contributed by atoms with van der Waals surface area (Å²) >= 11 is 0. The summed E-state index contributed by atoms with van der Waals surface area (Å²) in [5.74, 6) is -1.96. The van der Waals surface area contributed by atoms with E-state index in [2.05, 4.69) is 10.3 Å². The lowest BCUT2D eigenvalue weighted by atomic mass is 9.86. The van der Waals surface area contributed by atoms with Crippen LogP contribution in [0.2, 0.25) is 0 Å². The topological polar surface area (TPSA) is 120 Å². The number of hydrogen-bond donors (Lipinski definition) is 2. The van der Waals surface area contributed by atoms with Gasteiger partial charge in [0.05, 0.1) is 41.3 Å². The van der Waals surface area contributed by atoms with Crippen molar-refractivity contribution in [3.8, 4) is 11.4 Å². The number of amides is 1. The number of halogens is 1. The molecule has 1 amide bonds. The minimum atomic E-state index is -1.93. The zero-order valence-corrected chi connectivity index (χ0v) is 21.9. The van der Waals surface area contributed by atoms with Crippen molar-refractivity contribution < 1.29 is 28.6 Å². The second-order valence-electron chi connectivity index (χ2n) is 10.0. The van der Waals surface area contributed by atoms with Crippen molar-refractivity contribution in [3.63, 3.8) is 0 Å². The Balaban J connectivity index is 1.33. The molecule has 9 nitrogen and oxygen atoms in total. The largest absolute Gasteiger partial charge is 0.458 e. The second-order valence-corrected chi connectivity index (χ2v) is 10.0. The van der Waals surface area contributed by atoms with E-state index >= 15 is 4.39 Å². The first-order chi connectivity index (χ1) is 19.2. The Hall–Kier alpha value is -4.41. The minimum Gasteiger partial charge on any atom is -0.458 e. The van der Waals surface area contributed by atoms with E-state index in [0.29, 0.717) is 22.3 Å². The van der Waals surface area contributed by atoms with Crippen LogP contribution in [0.5, 0.6) is 0 Å². The van der Waals surface area contributed by atoms with Crippen molar-refractivity contribution in [2.45, 2.75) is 45.6 Å². The number of aryl methyl sites for hydroxylation is 1. The summed E-state index contributed by atoms with van der Waals surface area (Å²) in [7, 11) is 0. The number of benzene rings is 2. The SMILES string of the molecule is CC[C@@]1(O)C(=O)OCc2c1cc1n(c2=O)Cc2c-1nc1cc(F)c(NC(=O)COCc3ccccc3)cc1c2C. The number of esters is 1. The molecule has 2 aromatic heterocycles. The smallest absolute Gasteiger partial charge is 0.343 e. The van der Waals surface area contributed by atoms with Gasteiger partial charge in [-0.25, -0.2) is 14.2 Å². The minimum absolute atomic E-state index is 0.00234. The Labute approximate surface area is 228 Å². The molecule has 0 bridgehead atoms. The van der Waals surface area contributed by atoms with E-state index in [1.165, 1.54) is 16.7 Å². The van der Waals surface area contributed by atoms with Crippen molar-refractivity contribution in [3.05, 3.63) is 92.5 Å². The average Bonchev–Trinajstić information content (AvgIpc) is 3.32. The summed E-state index contributed by atoms with van der Waals surface area (Å²) < 4.78 is 27.2. The van der Waals surface area contributed by atoms with E-state index in [4.69, 9.17) is 9.47 Å². The maximum absolute atomic E-state index is 15.1. The molecule has 4 aromatic rings. The van der Waals surface area contributed by atoms with Gasteiger partial charge < -0.3 is 24.5 Å². The molecule has 2 aliphatic rings. The van der Waals surface area contributed by atoms with Gasteiger partial charge in [0, 0.05) is 22.6 Å². The molecule has 40 heavy (non-hydrogen) atoms. The standard InChI is InChI=1S/C30H26FN3O6/c1-3-30(38)21-10-25-27-19(12-34(25)28(36)20(21)14-40-29(30)37)16(2)18-9-24(22(31)11-23(18)33-27)32-26(35)15-39-13-17-7-5-4-6-8-17/h4-11,38H,3,12-15H2,1-2H3,(H,32,35)/t30-/m0/s1. The van der Waals surface area contributed by atoms with Gasteiger partial charge in [0.15, 0.2) is 5.60 Å². The Morgan fingerprint density at radius 2 is 1.98 bits per heavy atom. The van der Waals surface area contributed by atoms with Crippen LogP contribution in [0.4, 0.5) is 10.1 Å². The lowest BCUT2D eigenvalue weighted by Crippen LogP contribution is -2.44.